The molecule has 0 radical (unpaired) electrons. The molecule has 0 amide bonds. The van der Waals surface area contributed by atoms with Crippen molar-refractivity contribution in [2.45, 2.75) is 25.7 Å². The van der Waals surface area contributed by atoms with E-state index in [1.807, 2.05) is 13.8 Å². The van der Waals surface area contributed by atoms with Crippen LogP contribution in [-0.4, -0.2) is 30.8 Å². The minimum Gasteiger partial charge on any atom is -0.389 e. The second-order valence-corrected chi connectivity index (χ2v) is 6.31. The average molecular weight is 286 g/mol. The molecule has 4 nitrogen and oxygen atoms in total. The molecule has 0 unspecified atom stereocenters. The van der Waals surface area contributed by atoms with E-state index in [0.717, 1.165) is 5.56 Å². The van der Waals surface area contributed by atoms with E-state index < -0.39 is 10.0 Å². The number of nitrogens with two attached hydrogens (primary N) is 1. The summed E-state index contributed by atoms with van der Waals surface area (Å²) in [5.41, 5.74) is 7.04. The molecule has 0 saturated carbocycles. The maximum atomic E-state index is 12.3. The fourth-order valence-electron chi connectivity index (χ4n) is 1.79. The molecule has 0 aliphatic rings. The number of hydrogen-bond donors (Lipinski definition) is 1. The van der Waals surface area contributed by atoms with E-state index >= 15 is 0 Å². The van der Waals surface area contributed by atoms with Gasteiger partial charge in [-0.1, -0.05) is 32.1 Å². The molecular formula is C12H18N2O2S2. The van der Waals surface area contributed by atoms with Crippen LogP contribution in [0.4, 0.5) is 0 Å². The Hall–Kier alpha value is -0.980. The molecule has 100 valence electrons. The average Bonchev–Trinajstić information content (AvgIpc) is 2.29. The molecule has 0 aromatic heterocycles. The molecule has 0 bridgehead atoms. The molecule has 0 aliphatic heterocycles. The molecule has 1 rings (SSSR count). The lowest BCUT2D eigenvalue weighted by Crippen LogP contribution is -2.30. The maximum Gasteiger partial charge on any atom is 0.243 e. The molecule has 18 heavy (non-hydrogen) atoms. The van der Waals surface area contributed by atoms with Crippen molar-refractivity contribution in [2.75, 3.05) is 13.1 Å². The number of aryl methyl sites for hydroxylation is 1. The second-order valence-electron chi connectivity index (χ2n) is 3.93. The summed E-state index contributed by atoms with van der Waals surface area (Å²) in [6, 6.07) is 4.82. The van der Waals surface area contributed by atoms with Crippen molar-refractivity contribution in [2.24, 2.45) is 5.73 Å². The van der Waals surface area contributed by atoms with Gasteiger partial charge >= 0.3 is 0 Å². The first-order valence-corrected chi connectivity index (χ1v) is 7.60. The molecule has 0 fully saturated rings. The topological polar surface area (TPSA) is 63.4 Å². The largest absolute Gasteiger partial charge is 0.389 e. The van der Waals surface area contributed by atoms with Crippen molar-refractivity contribution in [3.05, 3.63) is 29.3 Å². The summed E-state index contributed by atoms with van der Waals surface area (Å²) in [6.07, 6.45) is 0. The first kappa shape index (κ1) is 15.1. The highest BCUT2D eigenvalue weighted by Gasteiger charge is 2.22. The van der Waals surface area contributed by atoms with Gasteiger partial charge < -0.3 is 5.73 Å². The van der Waals surface area contributed by atoms with Crippen LogP contribution < -0.4 is 5.73 Å². The summed E-state index contributed by atoms with van der Waals surface area (Å²) in [4.78, 5) is 0.558. The van der Waals surface area contributed by atoms with Crippen LogP contribution in [-0.2, 0) is 10.0 Å². The monoisotopic (exact) mass is 286 g/mol. The molecule has 0 atom stereocenters. The highest BCUT2D eigenvalue weighted by molar-refractivity contribution is 7.89. The fourth-order valence-corrected chi connectivity index (χ4v) is 3.56. The molecule has 0 spiro atoms. The summed E-state index contributed by atoms with van der Waals surface area (Å²) < 4.78 is 26.0. The van der Waals surface area contributed by atoms with Crippen molar-refractivity contribution in [1.82, 2.24) is 4.31 Å². The minimum absolute atomic E-state index is 0.277. The minimum atomic E-state index is -3.42. The zero-order chi connectivity index (χ0) is 13.9. The normalized spacial score (nSPS) is 11.8. The fraction of sp³-hybridized carbons (Fsp3) is 0.417. The third kappa shape index (κ3) is 2.88. The first-order chi connectivity index (χ1) is 8.34. The molecule has 0 heterocycles. The maximum absolute atomic E-state index is 12.3. The van der Waals surface area contributed by atoms with Gasteiger partial charge in [-0.05, 0) is 24.6 Å². The first-order valence-electron chi connectivity index (χ1n) is 5.75. The van der Waals surface area contributed by atoms with Crippen LogP contribution in [0.3, 0.4) is 0 Å². The van der Waals surface area contributed by atoms with Crippen molar-refractivity contribution in [1.29, 1.82) is 0 Å². The van der Waals surface area contributed by atoms with Gasteiger partial charge in [-0.15, -0.1) is 0 Å². The number of benzene rings is 1. The van der Waals surface area contributed by atoms with Crippen LogP contribution in [0, 0.1) is 6.92 Å². The lowest BCUT2D eigenvalue weighted by Gasteiger charge is -2.19. The van der Waals surface area contributed by atoms with Crippen molar-refractivity contribution in [3.63, 3.8) is 0 Å². The number of nitrogens with zero attached hydrogens (tertiary/aromatic N) is 1. The van der Waals surface area contributed by atoms with Crippen LogP contribution in [0.5, 0.6) is 0 Å². The molecule has 0 aliphatic carbocycles. The van der Waals surface area contributed by atoms with Crippen molar-refractivity contribution >= 4 is 27.2 Å². The zero-order valence-corrected chi connectivity index (χ0v) is 12.4. The van der Waals surface area contributed by atoms with Gasteiger partial charge in [0.15, 0.2) is 0 Å². The summed E-state index contributed by atoms with van der Waals surface area (Å²) in [7, 11) is -3.42. The third-order valence-corrected chi connectivity index (χ3v) is 5.07. The summed E-state index contributed by atoms with van der Waals surface area (Å²) in [5, 5.41) is 0. The lowest BCUT2D eigenvalue weighted by atomic mass is 10.1. The number of hydrogen-bond acceptors (Lipinski definition) is 3. The van der Waals surface area contributed by atoms with Crippen molar-refractivity contribution < 1.29 is 8.42 Å². The van der Waals surface area contributed by atoms with Crippen LogP contribution in [0.1, 0.15) is 25.0 Å². The predicted molar refractivity (Wildman–Crippen MR) is 77.2 cm³/mol. The molecule has 0 saturated heterocycles. The highest BCUT2D eigenvalue weighted by Crippen LogP contribution is 2.19. The van der Waals surface area contributed by atoms with Gasteiger partial charge in [0.25, 0.3) is 0 Å². The molecule has 6 heteroatoms. The highest BCUT2D eigenvalue weighted by atomic mass is 32.2. The Kier molecular flexibility index (Phi) is 4.84. The van der Waals surface area contributed by atoms with Crippen LogP contribution in [0.25, 0.3) is 0 Å². The molecule has 2 N–H and O–H groups in total. The predicted octanol–water partition coefficient (Wildman–Crippen LogP) is 1.66. The Morgan fingerprint density at radius 1 is 1.33 bits per heavy atom. The quantitative estimate of drug-likeness (QED) is 0.836. The summed E-state index contributed by atoms with van der Waals surface area (Å²) >= 11 is 4.90. The standard InChI is InChI=1S/C12H18N2O2S2/c1-4-14(5-2)18(15,16)10-6-7-11(12(13)17)9(3)8-10/h6-8H,4-5H2,1-3H3,(H2,13,17). The van der Waals surface area contributed by atoms with E-state index in [2.05, 4.69) is 0 Å². The Morgan fingerprint density at radius 3 is 2.28 bits per heavy atom. The van der Waals surface area contributed by atoms with E-state index in [1.165, 1.54) is 4.31 Å². The van der Waals surface area contributed by atoms with Gasteiger partial charge in [-0.2, -0.15) is 4.31 Å². The van der Waals surface area contributed by atoms with E-state index in [4.69, 9.17) is 18.0 Å². The molecule has 1 aromatic rings. The Balaban J connectivity index is 3.27. The van der Waals surface area contributed by atoms with E-state index in [-0.39, 0.29) is 9.88 Å². The van der Waals surface area contributed by atoms with E-state index in [9.17, 15) is 8.42 Å². The Labute approximate surface area is 114 Å². The van der Waals surface area contributed by atoms with Crippen LogP contribution >= 0.6 is 12.2 Å². The van der Waals surface area contributed by atoms with Gasteiger partial charge in [0, 0.05) is 18.7 Å². The summed E-state index contributed by atoms with van der Waals surface area (Å²) in [6.45, 7) is 6.34. The summed E-state index contributed by atoms with van der Waals surface area (Å²) in [5.74, 6) is 0. The Bertz CT molecular complexity index is 549. The second kappa shape index (κ2) is 5.77. The number of thiocarbonyl (C=S) groups is 1. The smallest absolute Gasteiger partial charge is 0.243 e. The van der Waals surface area contributed by atoms with Crippen LogP contribution in [0.2, 0.25) is 0 Å². The number of sulfonamides is 1. The van der Waals surface area contributed by atoms with Crippen LogP contribution in [0.15, 0.2) is 23.1 Å². The van der Waals surface area contributed by atoms with Gasteiger partial charge in [-0.25, -0.2) is 8.42 Å². The van der Waals surface area contributed by atoms with E-state index in [1.54, 1.807) is 25.1 Å². The SMILES string of the molecule is CCN(CC)S(=O)(=O)c1ccc(C(N)=S)c(C)c1. The molecule has 1 aromatic carbocycles. The van der Waals surface area contributed by atoms with Crippen molar-refractivity contribution in [3.8, 4) is 0 Å². The number of rotatable bonds is 5. The lowest BCUT2D eigenvalue weighted by molar-refractivity contribution is 0.445. The van der Waals surface area contributed by atoms with E-state index in [0.29, 0.717) is 18.7 Å². The third-order valence-electron chi connectivity index (χ3n) is 2.81. The zero-order valence-electron chi connectivity index (χ0n) is 10.8. The van der Waals surface area contributed by atoms with Gasteiger partial charge in [0.05, 0.1) is 4.90 Å². The van der Waals surface area contributed by atoms with Gasteiger partial charge in [0.2, 0.25) is 10.0 Å². The molecular weight excluding hydrogens is 268 g/mol. The van der Waals surface area contributed by atoms with Gasteiger partial charge in [-0.3, -0.25) is 0 Å². The van der Waals surface area contributed by atoms with Gasteiger partial charge in [0.1, 0.15) is 4.99 Å². The Morgan fingerprint density at radius 2 is 1.89 bits per heavy atom.